The molecule has 2 rings (SSSR count). The molecule has 4 heteroatoms. The summed E-state index contributed by atoms with van der Waals surface area (Å²) in [6, 6.07) is 5.47. The van der Waals surface area contributed by atoms with E-state index in [1.54, 1.807) is 6.07 Å². The van der Waals surface area contributed by atoms with E-state index in [0.29, 0.717) is 11.3 Å². The van der Waals surface area contributed by atoms with E-state index >= 15 is 0 Å². The molecule has 1 aliphatic heterocycles. The van der Waals surface area contributed by atoms with E-state index in [2.05, 4.69) is 19.2 Å². The lowest BCUT2D eigenvalue weighted by atomic mass is 9.94. The van der Waals surface area contributed by atoms with Crippen LogP contribution in [0.25, 0.3) is 0 Å². The number of anilines is 2. The minimum Gasteiger partial charge on any atom is -0.398 e. The van der Waals surface area contributed by atoms with Crippen molar-refractivity contribution in [3.05, 3.63) is 23.8 Å². The van der Waals surface area contributed by atoms with Gasteiger partial charge in [-0.15, -0.1) is 0 Å². The highest BCUT2D eigenvalue weighted by Crippen LogP contribution is 2.30. The second kappa shape index (κ2) is 4.61. The Balaban J connectivity index is 2.20. The second-order valence-corrected chi connectivity index (χ2v) is 5.16. The first-order chi connectivity index (χ1) is 8.42. The fourth-order valence-corrected chi connectivity index (χ4v) is 2.29. The predicted octanol–water partition coefficient (Wildman–Crippen LogP) is 2.45. The van der Waals surface area contributed by atoms with Crippen LogP contribution in [-0.2, 0) is 4.74 Å². The largest absolute Gasteiger partial charge is 0.398 e. The van der Waals surface area contributed by atoms with Gasteiger partial charge < -0.3 is 15.8 Å². The average molecular weight is 248 g/mol. The summed E-state index contributed by atoms with van der Waals surface area (Å²) in [5.41, 5.74) is 7.82. The molecule has 1 aromatic rings. The second-order valence-electron chi connectivity index (χ2n) is 5.16. The maximum Gasteiger partial charge on any atom is 0.161 e. The summed E-state index contributed by atoms with van der Waals surface area (Å²) in [7, 11) is 0. The first kappa shape index (κ1) is 12.9. The standard InChI is InChI=1S/C14H20N2O2/c1-9(17)12-5-4-11(8-13(12)15)16-14(3)6-7-18-10(14)2/h4-5,8,10,16H,6-7,15H2,1-3H3. The topological polar surface area (TPSA) is 64.3 Å². The van der Waals surface area contributed by atoms with E-state index in [1.165, 1.54) is 6.92 Å². The lowest BCUT2D eigenvalue weighted by molar-refractivity contribution is 0.101. The third kappa shape index (κ3) is 2.34. The van der Waals surface area contributed by atoms with Crippen LogP contribution in [-0.4, -0.2) is 24.0 Å². The molecule has 0 aromatic heterocycles. The molecule has 18 heavy (non-hydrogen) atoms. The minimum absolute atomic E-state index is 0.0113. The van der Waals surface area contributed by atoms with Crippen LogP contribution in [0.4, 0.5) is 11.4 Å². The van der Waals surface area contributed by atoms with Crippen molar-refractivity contribution in [1.82, 2.24) is 0 Å². The number of benzene rings is 1. The Morgan fingerprint density at radius 1 is 1.56 bits per heavy atom. The molecule has 0 radical (unpaired) electrons. The smallest absolute Gasteiger partial charge is 0.161 e. The third-order valence-corrected chi connectivity index (χ3v) is 3.75. The molecule has 4 nitrogen and oxygen atoms in total. The zero-order chi connectivity index (χ0) is 13.3. The van der Waals surface area contributed by atoms with Crippen LogP contribution < -0.4 is 11.1 Å². The Morgan fingerprint density at radius 2 is 2.28 bits per heavy atom. The fraction of sp³-hybridized carbons (Fsp3) is 0.500. The number of carbonyl (C=O) groups excluding carboxylic acids is 1. The first-order valence-corrected chi connectivity index (χ1v) is 6.22. The van der Waals surface area contributed by atoms with Crippen molar-refractivity contribution in [3.63, 3.8) is 0 Å². The van der Waals surface area contributed by atoms with E-state index in [9.17, 15) is 4.79 Å². The maximum absolute atomic E-state index is 11.3. The van der Waals surface area contributed by atoms with E-state index in [-0.39, 0.29) is 17.4 Å². The Labute approximate surface area is 108 Å². The van der Waals surface area contributed by atoms with Gasteiger partial charge in [-0.25, -0.2) is 0 Å². The van der Waals surface area contributed by atoms with Crippen LogP contribution in [0.15, 0.2) is 18.2 Å². The molecule has 3 N–H and O–H groups in total. The first-order valence-electron chi connectivity index (χ1n) is 6.22. The Kier molecular flexibility index (Phi) is 3.30. The van der Waals surface area contributed by atoms with Gasteiger partial charge in [-0.2, -0.15) is 0 Å². The molecule has 0 spiro atoms. The lowest BCUT2D eigenvalue weighted by Crippen LogP contribution is -2.41. The fourth-order valence-electron chi connectivity index (χ4n) is 2.29. The van der Waals surface area contributed by atoms with Crippen LogP contribution in [0.1, 0.15) is 37.6 Å². The minimum atomic E-state index is -0.0792. The van der Waals surface area contributed by atoms with Crippen LogP contribution in [0.5, 0.6) is 0 Å². The number of rotatable bonds is 3. The van der Waals surface area contributed by atoms with Crippen molar-refractivity contribution in [3.8, 4) is 0 Å². The Hall–Kier alpha value is -1.55. The number of Topliss-reactive ketones (excluding diaryl/α,β-unsaturated/α-hetero) is 1. The van der Waals surface area contributed by atoms with E-state index in [4.69, 9.17) is 10.5 Å². The lowest BCUT2D eigenvalue weighted by Gasteiger charge is -2.30. The van der Waals surface area contributed by atoms with Crippen LogP contribution in [0.2, 0.25) is 0 Å². The molecule has 0 bridgehead atoms. The van der Waals surface area contributed by atoms with Crippen molar-refractivity contribution in [1.29, 1.82) is 0 Å². The number of nitrogens with two attached hydrogens (primary N) is 1. The summed E-state index contributed by atoms with van der Waals surface area (Å²) in [4.78, 5) is 11.3. The highest BCUT2D eigenvalue weighted by molar-refractivity contribution is 5.99. The van der Waals surface area contributed by atoms with E-state index < -0.39 is 0 Å². The summed E-state index contributed by atoms with van der Waals surface area (Å²) in [5, 5.41) is 3.46. The van der Waals surface area contributed by atoms with Gasteiger partial charge in [0.15, 0.2) is 5.78 Å². The van der Waals surface area contributed by atoms with Gasteiger partial charge in [0.2, 0.25) is 0 Å². The molecular formula is C14H20N2O2. The molecule has 2 unspecified atom stereocenters. The summed E-state index contributed by atoms with van der Waals surface area (Å²) >= 11 is 0. The van der Waals surface area contributed by atoms with Gasteiger partial charge in [0.1, 0.15) is 0 Å². The van der Waals surface area contributed by atoms with Crippen LogP contribution in [0, 0.1) is 0 Å². The van der Waals surface area contributed by atoms with E-state index in [1.807, 2.05) is 12.1 Å². The van der Waals surface area contributed by atoms with Crippen molar-refractivity contribution < 1.29 is 9.53 Å². The molecular weight excluding hydrogens is 228 g/mol. The summed E-state index contributed by atoms with van der Waals surface area (Å²) in [6.45, 7) is 6.49. The normalized spacial score (nSPS) is 27.2. The number of nitrogens with one attached hydrogen (secondary N) is 1. The molecule has 1 saturated heterocycles. The predicted molar refractivity (Wildman–Crippen MR) is 72.9 cm³/mol. The van der Waals surface area contributed by atoms with Gasteiger partial charge in [0, 0.05) is 23.5 Å². The number of ketones is 1. The zero-order valence-corrected chi connectivity index (χ0v) is 11.1. The van der Waals surface area contributed by atoms with Gasteiger partial charge in [0.05, 0.1) is 11.6 Å². The Bertz CT molecular complexity index is 473. The average Bonchev–Trinajstić information content (AvgIpc) is 2.58. The van der Waals surface area contributed by atoms with Crippen molar-refractivity contribution >= 4 is 17.2 Å². The molecule has 1 aliphatic rings. The molecule has 2 atom stereocenters. The highest BCUT2D eigenvalue weighted by atomic mass is 16.5. The quantitative estimate of drug-likeness (QED) is 0.637. The molecule has 1 heterocycles. The maximum atomic E-state index is 11.3. The molecule has 0 saturated carbocycles. The Morgan fingerprint density at radius 3 is 2.78 bits per heavy atom. The van der Waals surface area contributed by atoms with E-state index in [0.717, 1.165) is 18.7 Å². The monoisotopic (exact) mass is 248 g/mol. The molecule has 1 aromatic carbocycles. The SMILES string of the molecule is CC(=O)c1ccc(NC2(C)CCOC2C)cc1N. The molecule has 0 amide bonds. The molecule has 0 aliphatic carbocycles. The summed E-state index contributed by atoms with van der Waals surface area (Å²) in [6.07, 6.45) is 1.12. The van der Waals surface area contributed by atoms with Gasteiger partial charge in [-0.1, -0.05) is 0 Å². The van der Waals surface area contributed by atoms with Crippen LogP contribution in [0.3, 0.4) is 0 Å². The number of hydrogen-bond donors (Lipinski definition) is 2. The molecule has 1 fully saturated rings. The number of nitrogen functional groups attached to an aromatic ring is 1. The van der Waals surface area contributed by atoms with Gasteiger partial charge >= 0.3 is 0 Å². The third-order valence-electron chi connectivity index (χ3n) is 3.75. The number of ether oxygens (including phenoxy) is 1. The van der Waals surface area contributed by atoms with Gasteiger partial charge in [-0.3, -0.25) is 4.79 Å². The van der Waals surface area contributed by atoms with Crippen molar-refractivity contribution in [2.75, 3.05) is 17.7 Å². The van der Waals surface area contributed by atoms with Crippen LogP contribution >= 0.6 is 0 Å². The van der Waals surface area contributed by atoms with Crippen molar-refractivity contribution in [2.24, 2.45) is 0 Å². The zero-order valence-electron chi connectivity index (χ0n) is 11.1. The summed E-state index contributed by atoms with van der Waals surface area (Å²) < 4.78 is 5.58. The van der Waals surface area contributed by atoms with Gasteiger partial charge in [-0.05, 0) is 45.4 Å². The van der Waals surface area contributed by atoms with Crippen molar-refractivity contribution in [2.45, 2.75) is 38.8 Å². The number of hydrogen-bond acceptors (Lipinski definition) is 4. The number of carbonyl (C=O) groups is 1. The highest BCUT2D eigenvalue weighted by Gasteiger charge is 2.36. The summed E-state index contributed by atoms with van der Waals surface area (Å²) in [5.74, 6) is -0.0113. The van der Waals surface area contributed by atoms with Gasteiger partial charge in [0.25, 0.3) is 0 Å². The molecule has 98 valence electrons.